The van der Waals surface area contributed by atoms with Crippen LogP contribution in [0.3, 0.4) is 0 Å². The fourth-order valence-corrected chi connectivity index (χ4v) is 5.22. The number of fused-ring (bicyclic) bond motifs is 3. The molecule has 1 unspecified atom stereocenters. The van der Waals surface area contributed by atoms with Gasteiger partial charge in [0.2, 0.25) is 0 Å². The summed E-state index contributed by atoms with van der Waals surface area (Å²) < 4.78 is 8.39. The van der Waals surface area contributed by atoms with Crippen LogP contribution in [0.25, 0.3) is 10.9 Å². The Morgan fingerprint density at radius 1 is 1.11 bits per heavy atom. The van der Waals surface area contributed by atoms with E-state index in [1.54, 1.807) is 11.8 Å². The zero-order valence-corrected chi connectivity index (χ0v) is 22.5. The molecule has 1 aliphatic rings. The Morgan fingerprint density at radius 3 is 2.47 bits per heavy atom. The Labute approximate surface area is 222 Å². The molecule has 0 amide bonds. The lowest BCUT2D eigenvalue weighted by Gasteiger charge is -2.13. The Morgan fingerprint density at radius 2 is 1.83 bits per heavy atom. The van der Waals surface area contributed by atoms with Gasteiger partial charge >= 0.3 is 5.97 Å². The third-order valence-electron chi connectivity index (χ3n) is 6.52. The highest BCUT2D eigenvalue weighted by atomic mass is 35.5. The molecule has 4 nitrogen and oxygen atoms in total. The van der Waals surface area contributed by atoms with E-state index in [0.717, 1.165) is 40.5 Å². The molecule has 0 aliphatic carbocycles. The number of hydrogen-bond donors (Lipinski definition) is 1. The van der Waals surface area contributed by atoms with E-state index in [-0.39, 0.29) is 12.3 Å². The van der Waals surface area contributed by atoms with Crippen molar-refractivity contribution in [3.05, 3.63) is 94.6 Å². The predicted molar refractivity (Wildman–Crippen MR) is 150 cm³/mol. The van der Waals surface area contributed by atoms with Gasteiger partial charge in [-0.1, -0.05) is 55.8 Å². The number of thioether (sulfide) groups is 1. The van der Waals surface area contributed by atoms with E-state index in [2.05, 4.69) is 48.7 Å². The van der Waals surface area contributed by atoms with Crippen molar-refractivity contribution < 1.29 is 14.6 Å². The van der Waals surface area contributed by atoms with E-state index in [4.69, 9.17) is 16.3 Å². The second-order valence-electron chi connectivity index (χ2n) is 9.34. The van der Waals surface area contributed by atoms with Gasteiger partial charge in [-0.3, -0.25) is 4.79 Å². The third-order valence-corrected chi connectivity index (χ3v) is 7.51. The molecule has 0 radical (unpaired) electrons. The number of halogens is 1. The first kappa shape index (κ1) is 26.2. The van der Waals surface area contributed by atoms with Gasteiger partial charge in [-0.15, -0.1) is 11.8 Å². The lowest BCUT2D eigenvalue weighted by Crippen LogP contribution is -2.02. The molecule has 0 bridgehead atoms. The minimum Gasteiger partial charge on any atom is -0.489 e. The molecule has 6 heteroatoms. The molecule has 4 aromatic rings. The van der Waals surface area contributed by atoms with Gasteiger partial charge in [-0.25, -0.2) is 0 Å². The summed E-state index contributed by atoms with van der Waals surface area (Å²) >= 11 is 7.38. The second-order valence-corrected chi connectivity index (χ2v) is 10.7. The number of aryl methyl sites for hydroxylation is 1. The van der Waals surface area contributed by atoms with Gasteiger partial charge in [0.1, 0.15) is 12.4 Å². The van der Waals surface area contributed by atoms with Crippen LogP contribution in [0.2, 0.25) is 5.02 Å². The van der Waals surface area contributed by atoms with E-state index in [0.29, 0.717) is 12.5 Å². The molecule has 188 valence electrons. The minimum absolute atomic E-state index is 0.101. The molecule has 0 saturated heterocycles. The molecule has 1 aliphatic heterocycles. The summed E-state index contributed by atoms with van der Waals surface area (Å²) in [6.45, 7) is 5.79. The number of carbonyl (C=O) groups is 1. The van der Waals surface area contributed by atoms with Crippen LogP contribution in [0.4, 0.5) is 0 Å². The Hall–Kier alpha value is -2.89. The number of hydrogen-bond acceptors (Lipinski definition) is 3. The summed E-state index contributed by atoms with van der Waals surface area (Å²) in [5, 5.41) is 11.2. The average molecular weight is 522 g/mol. The Bertz CT molecular complexity index is 1320. The highest BCUT2D eigenvalue weighted by Gasteiger charge is 2.28. The molecular formula is C30H32ClNO3S. The van der Waals surface area contributed by atoms with E-state index in [1.807, 2.05) is 48.7 Å². The normalized spacial score (nSPS) is 14.4. The SMILES string of the molecule is CC(C)c1cc(OCc2ccccc2)cc2c1cc1n2CCC1CC(=O)O.CSc1ccc(Cl)cc1. The van der Waals surface area contributed by atoms with Crippen molar-refractivity contribution in [2.75, 3.05) is 6.26 Å². The quantitative estimate of drug-likeness (QED) is 0.248. The van der Waals surface area contributed by atoms with E-state index >= 15 is 0 Å². The summed E-state index contributed by atoms with van der Waals surface area (Å²) in [4.78, 5) is 12.4. The molecule has 0 spiro atoms. The molecule has 1 atom stereocenters. The standard InChI is InChI=1S/C23H25NO3.C7H7ClS/c1-15(2)19-11-18(27-14-16-6-4-3-5-7-16)12-22-20(19)13-21-17(10-23(25)26)8-9-24(21)22;1-9-7-4-2-6(8)3-5-7/h3-7,11-13,15,17H,8-10,14H2,1-2H3,(H,25,26);2-5H,1H3. The third kappa shape index (κ3) is 6.26. The van der Waals surface area contributed by atoms with Crippen LogP contribution >= 0.6 is 23.4 Å². The van der Waals surface area contributed by atoms with Gasteiger partial charge in [-0.05, 0) is 66.1 Å². The maximum absolute atomic E-state index is 11.2. The number of carboxylic acids is 1. The van der Waals surface area contributed by atoms with Gasteiger partial charge in [0, 0.05) is 39.5 Å². The van der Waals surface area contributed by atoms with Gasteiger partial charge in [0.15, 0.2) is 0 Å². The van der Waals surface area contributed by atoms with Crippen molar-refractivity contribution in [3.8, 4) is 5.75 Å². The van der Waals surface area contributed by atoms with Crippen molar-refractivity contribution in [2.24, 2.45) is 0 Å². The van der Waals surface area contributed by atoms with Crippen LogP contribution in [0.15, 0.2) is 77.7 Å². The Balaban J connectivity index is 0.000000286. The molecule has 1 aromatic heterocycles. The zero-order valence-electron chi connectivity index (χ0n) is 20.9. The average Bonchev–Trinajstić information content (AvgIpc) is 3.43. The number of aromatic nitrogens is 1. The largest absolute Gasteiger partial charge is 0.489 e. The molecule has 1 N–H and O–H groups in total. The van der Waals surface area contributed by atoms with Crippen LogP contribution in [0.5, 0.6) is 5.75 Å². The van der Waals surface area contributed by atoms with Gasteiger partial charge in [-0.2, -0.15) is 0 Å². The lowest BCUT2D eigenvalue weighted by atomic mass is 9.96. The monoisotopic (exact) mass is 521 g/mol. The summed E-state index contributed by atoms with van der Waals surface area (Å²) in [6, 6.07) is 24.4. The smallest absolute Gasteiger partial charge is 0.304 e. The number of nitrogens with zero attached hydrogens (tertiary/aromatic N) is 1. The number of ether oxygens (including phenoxy) is 1. The highest BCUT2D eigenvalue weighted by molar-refractivity contribution is 7.98. The van der Waals surface area contributed by atoms with Crippen molar-refractivity contribution in [2.45, 2.75) is 56.6 Å². The fourth-order valence-electron chi connectivity index (χ4n) is 4.69. The number of benzene rings is 3. The number of carboxylic acid groups (broad SMARTS) is 1. The van der Waals surface area contributed by atoms with Crippen LogP contribution in [-0.4, -0.2) is 21.9 Å². The molecule has 3 aromatic carbocycles. The van der Waals surface area contributed by atoms with E-state index < -0.39 is 5.97 Å². The summed E-state index contributed by atoms with van der Waals surface area (Å²) in [7, 11) is 0. The highest BCUT2D eigenvalue weighted by Crippen LogP contribution is 2.40. The maximum atomic E-state index is 11.2. The van der Waals surface area contributed by atoms with Gasteiger partial charge < -0.3 is 14.4 Å². The zero-order chi connectivity index (χ0) is 25.7. The molecule has 0 saturated carbocycles. The van der Waals surface area contributed by atoms with Crippen molar-refractivity contribution in [1.29, 1.82) is 0 Å². The van der Waals surface area contributed by atoms with Crippen molar-refractivity contribution >= 4 is 40.2 Å². The molecular weight excluding hydrogens is 490 g/mol. The van der Waals surface area contributed by atoms with Gasteiger partial charge in [0.25, 0.3) is 0 Å². The predicted octanol–water partition coefficient (Wildman–Crippen LogP) is 8.37. The van der Waals surface area contributed by atoms with E-state index in [1.165, 1.54) is 15.8 Å². The Kier molecular flexibility index (Phi) is 8.65. The second kappa shape index (κ2) is 11.9. The van der Waals surface area contributed by atoms with Crippen LogP contribution in [0.1, 0.15) is 55.3 Å². The summed E-state index contributed by atoms with van der Waals surface area (Å²) in [5.41, 5.74) is 4.71. The summed E-state index contributed by atoms with van der Waals surface area (Å²) in [6.07, 6.45) is 3.14. The van der Waals surface area contributed by atoms with Crippen molar-refractivity contribution in [1.82, 2.24) is 4.57 Å². The van der Waals surface area contributed by atoms with Crippen LogP contribution in [0, 0.1) is 0 Å². The molecule has 5 rings (SSSR count). The number of rotatable bonds is 7. The molecule has 36 heavy (non-hydrogen) atoms. The maximum Gasteiger partial charge on any atom is 0.304 e. The van der Waals surface area contributed by atoms with Crippen molar-refractivity contribution in [3.63, 3.8) is 0 Å². The lowest BCUT2D eigenvalue weighted by molar-refractivity contribution is -0.137. The minimum atomic E-state index is -0.727. The first-order valence-corrected chi connectivity index (χ1v) is 13.8. The summed E-state index contributed by atoms with van der Waals surface area (Å²) in [5.74, 6) is 0.615. The first-order chi connectivity index (χ1) is 17.4. The van der Waals surface area contributed by atoms with Gasteiger partial charge in [0.05, 0.1) is 11.9 Å². The molecule has 2 heterocycles. The first-order valence-electron chi connectivity index (χ1n) is 12.2. The van der Waals surface area contributed by atoms with Crippen LogP contribution in [-0.2, 0) is 17.9 Å². The van der Waals surface area contributed by atoms with E-state index in [9.17, 15) is 9.90 Å². The topological polar surface area (TPSA) is 51.5 Å². The number of aliphatic carboxylic acids is 1. The van der Waals surface area contributed by atoms with Crippen LogP contribution < -0.4 is 4.74 Å². The molecule has 0 fully saturated rings. The fraction of sp³-hybridized carbons (Fsp3) is 0.300.